The van der Waals surface area contributed by atoms with Gasteiger partial charge in [-0.25, -0.2) is 9.18 Å². The van der Waals surface area contributed by atoms with Gasteiger partial charge in [-0.1, -0.05) is 0 Å². The van der Waals surface area contributed by atoms with Crippen LogP contribution >= 0.6 is 0 Å². The first-order valence-corrected chi connectivity index (χ1v) is 9.10. The van der Waals surface area contributed by atoms with E-state index in [-0.39, 0.29) is 17.0 Å². The van der Waals surface area contributed by atoms with Crippen LogP contribution in [0.5, 0.6) is 0 Å². The third-order valence-corrected chi connectivity index (χ3v) is 5.55. The molecule has 2 aromatic rings. The lowest BCUT2D eigenvalue weighted by Crippen LogP contribution is -2.32. The number of fused-ring (bicyclic) bond motifs is 1. The Morgan fingerprint density at radius 2 is 1.96 bits per heavy atom. The average molecular weight is 372 g/mol. The predicted molar refractivity (Wildman–Crippen MR) is 100 cm³/mol. The van der Waals surface area contributed by atoms with Crippen LogP contribution < -0.4 is 10.3 Å². The van der Waals surface area contributed by atoms with Gasteiger partial charge in [0.05, 0.1) is 17.5 Å². The SMILES string of the molecule is Cc1c(N2CCC(=CO)CC2)c(F)cc2c(=O)c(C(=O)O)cn(C3CC3)c12. The van der Waals surface area contributed by atoms with Crippen molar-refractivity contribution in [3.05, 3.63) is 51.3 Å². The Balaban J connectivity index is 1.93. The van der Waals surface area contributed by atoms with Crippen LogP contribution in [0.25, 0.3) is 10.9 Å². The minimum absolute atomic E-state index is 0.119. The number of hydrogen-bond donors (Lipinski definition) is 2. The molecule has 1 aliphatic carbocycles. The summed E-state index contributed by atoms with van der Waals surface area (Å²) in [4.78, 5) is 26.0. The molecule has 4 rings (SSSR count). The van der Waals surface area contributed by atoms with Gasteiger partial charge >= 0.3 is 5.97 Å². The molecule has 2 fully saturated rings. The van der Waals surface area contributed by atoms with Crippen LogP contribution in [0.2, 0.25) is 0 Å². The number of aromatic nitrogens is 1. The summed E-state index contributed by atoms with van der Waals surface area (Å²) in [7, 11) is 0. The molecule has 1 aromatic heterocycles. The molecule has 2 heterocycles. The lowest BCUT2D eigenvalue weighted by Gasteiger charge is -2.32. The molecule has 6 nitrogen and oxygen atoms in total. The van der Waals surface area contributed by atoms with Crippen LogP contribution in [0.15, 0.2) is 28.9 Å². The topological polar surface area (TPSA) is 82.8 Å². The predicted octanol–water partition coefficient (Wildman–Crippen LogP) is 3.52. The van der Waals surface area contributed by atoms with Gasteiger partial charge in [-0.15, -0.1) is 0 Å². The van der Waals surface area contributed by atoms with Gasteiger partial charge in [-0.3, -0.25) is 4.79 Å². The highest BCUT2D eigenvalue weighted by molar-refractivity contribution is 5.95. The number of carboxylic acids is 1. The zero-order valence-electron chi connectivity index (χ0n) is 15.0. The largest absolute Gasteiger partial charge is 0.516 e. The fourth-order valence-electron chi connectivity index (χ4n) is 4.00. The second kappa shape index (κ2) is 6.40. The number of hydrogen-bond acceptors (Lipinski definition) is 4. The zero-order chi connectivity index (χ0) is 19.3. The van der Waals surface area contributed by atoms with Gasteiger partial charge in [-0.05, 0) is 49.8 Å². The number of anilines is 1. The fraction of sp³-hybridized carbons (Fsp3) is 0.400. The Kier molecular flexibility index (Phi) is 4.17. The van der Waals surface area contributed by atoms with Crippen molar-refractivity contribution in [2.45, 2.75) is 38.6 Å². The van der Waals surface area contributed by atoms with Gasteiger partial charge in [0.15, 0.2) is 0 Å². The van der Waals surface area contributed by atoms with Gasteiger partial charge in [0.1, 0.15) is 11.4 Å². The summed E-state index contributed by atoms with van der Waals surface area (Å²) in [5.74, 6) is -1.81. The molecule has 2 N–H and O–H groups in total. The maximum Gasteiger partial charge on any atom is 0.341 e. The fourth-order valence-corrected chi connectivity index (χ4v) is 4.00. The molecule has 0 amide bonds. The summed E-state index contributed by atoms with van der Waals surface area (Å²) < 4.78 is 16.8. The highest BCUT2D eigenvalue weighted by Gasteiger charge is 2.30. The van der Waals surface area contributed by atoms with E-state index in [4.69, 9.17) is 5.11 Å². The number of piperidine rings is 1. The summed E-state index contributed by atoms with van der Waals surface area (Å²) in [5, 5.41) is 18.6. The van der Waals surface area contributed by atoms with E-state index in [1.807, 2.05) is 9.47 Å². The number of aliphatic hydroxyl groups excluding tert-OH is 1. The van der Waals surface area contributed by atoms with Gasteiger partial charge in [-0.2, -0.15) is 0 Å². The summed E-state index contributed by atoms with van der Waals surface area (Å²) in [6.45, 7) is 2.95. The molecule has 1 saturated carbocycles. The van der Waals surface area contributed by atoms with E-state index >= 15 is 4.39 Å². The highest BCUT2D eigenvalue weighted by atomic mass is 19.1. The molecule has 2 aliphatic rings. The van der Waals surface area contributed by atoms with Crippen molar-refractivity contribution in [1.82, 2.24) is 4.57 Å². The van der Waals surface area contributed by atoms with E-state index in [1.54, 1.807) is 6.92 Å². The van der Waals surface area contributed by atoms with E-state index in [0.717, 1.165) is 24.7 Å². The van der Waals surface area contributed by atoms with E-state index < -0.39 is 17.2 Å². The van der Waals surface area contributed by atoms with Gasteiger partial charge in [0.2, 0.25) is 5.43 Å². The summed E-state index contributed by atoms with van der Waals surface area (Å²) in [6.07, 6.45) is 5.66. The lowest BCUT2D eigenvalue weighted by atomic mass is 10.0. The quantitative estimate of drug-likeness (QED) is 0.806. The monoisotopic (exact) mass is 372 g/mol. The number of aliphatic hydroxyl groups is 1. The lowest BCUT2D eigenvalue weighted by molar-refractivity contribution is 0.0695. The Morgan fingerprint density at radius 3 is 2.52 bits per heavy atom. The molecule has 0 radical (unpaired) electrons. The number of benzene rings is 1. The van der Waals surface area contributed by atoms with Crippen LogP contribution in [0.4, 0.5) is 10.1 Å². The van der Waals surface area contributed by atoms with E-state index in [9.17, 15) is 14.7 Å². The first-order chi connectivity index (χ1) is 12.9. The van der Waals surface area contributed by atoms with Crippen molar-refractivity contribution in [2.24, 2.45) is 0 Å². The normalized spacial score (nSPS) is 17.4. The maximum atomic E-state index is 15.0. The first kappa shape index (κ1) is 17.6. The molecule has 1 aromatic carbocycles. The van der Waals surface area contributed by atoms with Crippen molar-refractivity contribution < 1.29 is 19.4 Å². The van der Waals surface area contributed by atoms with E-state index in [2.05, 4.69) is 0 Å². The highest BCUT2D eigenvalue weighted by Crippen LogP contribution is 2.40. The molecule has 0 spiro atoms. The minimum atomic E-state index is -1.29. The summed E-state index contributed by atoms with van der Waals surface area (Å²) >= 11 is 0. The number of carboxylic acid groups (broad SMARTS) is 1. The summed E-state index contributed by atoms with van der Waals surface area (Å²) in [5.41, 5.74) is 1.70. The molecule has 1 aliphatic heterocycles. The Labute approximate surface area is 155 Å². The third-order valence-electron chi connectivity index (χ3n) is 5.55. The zero-order valence-corrected chi connectivity index (χ0v) is 15.0. The molecule has 0 atom stereocenters. The number of rotatable bonds is 3. The van der Waals surface area contributed by atoms with Crippen molar-refractivity contribution in [3.8, 4) is 0 Å². The molecule has 0 unspecified atom stereocenters. The Bertz CT molecular complexity index is 1030. The first-order valence-electron chi connectivity index (χ1n) is 9.10. The number of halogens is 1. The number of nitrogens with zero attached hydrogens (tertiary/aromatic N) is 2. The van der Waals surface area contributed by atoms with Crippen LogP contribution in [-0.4, -0.2) is 33.8 Å². The maximum absolute atomic E-state index is 15.0. The average Bonchev–Trinajstić information content (AvgIpc) is 3.48. The second-order valence-electron chi connectivity index (χ2n) is 7.32. The number of pyridine rings is 1. The summed E-state index contributed by atoms with van der Waals surface area (Å²) in [6, 6.07) is 1.33. The van der Waals surface area contributed by atoms with Crippen LogP contribution in [0, 0.1) is 12.7 Å². The van der Waals surface area contributed by atoms with Gasteiger partial charge in [0, 0.05) is 30.7 Å². The molecule has 7 heteroatoms. The van der Waals surface area contributed by atoms with Crippen LogP contribution in [-0.2, 0) is 0 Å². The van der Waals surface area contributed by atoms with Crippen molar-refractivity contribution >= 4 is 22.6 Å². The molecular formula is C20H21FN2O4. The Hall–Kier alpha value is -2.83. The van der Waals surface area contributed by atoms with Crippen LogP contribution in [0.3, 0.4) is 0 Å². The van der Waals surface area contributed by atoms with Gasteiger partial charge in [0.25, 0.3) is 0 Å². The standard InChI is InChI=1S/C20H21FN2O4/c1-11-17-14(19(25)15(20(26)27)9-23(17)13-2-3-13)8-16(21)18(11)22-6-4-12(10-24)5-7-22/h8-10,13,24H,2-7H2,1H3,(H,26,27). The number of aromatic carboxylic acids is 1. The van der Waals surface area contributed by atoms with Crippen LogP contribution in [0.1, 0.15) is 47.6 Å². The minimum Gasteiger partial charge on any atom is -0.516 e. The molecule has 0 bridgehead atoms. The Morgan fingerprint density at radius 1 is 1.30 bits per heavy atom. The molecule has 1 saturated heterocycles. The smallest absolute Gasteiger partial charge is 0.341 e. The van der Waals surface area contributed by atoms with Crippen molar-refractivity contribution in [1.29, 1.82) is 0 Å². The number of aryl methyl sites for hydroxylation is 1. The van der Waals surface area contributed by atoms with E-state index in [0.29, 0.717) is 42.7 Å². The van der Waals surface area contributed by atoms with Crippen molar-refractivity contribution in [2.75, 3.05) is 18.0 Å². The van der Waals surface area contributed by atoms with E-state index in [1.165, 1.54) is 12.3 Å². The third kappa shape index (κ3) is 2.87. The molecular weight excluding hydrogens is 351 g/mol. The van der Waals surface area contributed by atoms with Gasteiger partial charge < -0.3 is 19.7 Å². The second-order valence-corrected chi connectivity index (χ2v) is 7.32. The number of carbonyl (C=O) groups is 1. The molecule has 142 valence electrons. The molecule has 27 heavy (non-hydrogen) atoms. The van der Waals surface area contributed by atoms with Crippen molar-refractivity contribution in [3.63, 3.8) is 0 Å².